The van der Waals surface area contributed by atoms with E-state index in [1.807, 2.05) is 30.3 Å². The van der Waals surface area contributed by atoms with E-state index in [1.54, 1.807) is 0 Å². The Morgan fingerprint density at radius 3 is 2.58 bits per heavy atom. The molecule has 0 aliphatic carbocycles. The summed E-state index contributed by atoms with van der Waals surface area (Å²) in [6.45, 7) is 1.37. The number of thiophene rings is 1. The normalized spacial score (nSPS) is 15.9. The minimum absolute atomic E-state index is 0.213. The van der Waals surface area contributed by atoms with E-state index in [0.717, 1.165) is 32.7 Å². The van der Waals surface area contributed by atoms with Crippen LogP contribution >= 0.6 is 34.5 Å². The van der Waals surface area contributed by atoms with Crippen LogP contribution in [0.2, 0.25) is 4.34 Å². The quantitative estimate of drug-likeness (QED) is 0.735. The predicted molar refractivity (Wildman–Crippen MR) is 79.1 cm³/mol. The summed E-state index contributed by atoms with van der Waals surface area (Å²) in [5, 5.41) is -0.213. The molecule has 3 rings (SSSR count). The summed E-state index contributed by atoms with van der Waals surface area (Å²) < 4.78 is 12.0. The first-order valence-electron chi connectivity index (χ1n) is 6.03. The molecule has 0 saturated heterocycles. The molecular formula is C14H12Cl2O2S. The molecule has 5 heteroatoms. The van der Waals surface area contributed by atoms with Crippen molar-refractivity contribution in [3.63, 3.8) is 0 Å². The zero-order valence-corrected chi connectivity index (χ0v) is 12.4. The third-order valence-corrected chi connectivity index (χ3v) is 4.82. The zero-order chi connectivity index (χ0) is 13.2. The van der Waals surface area contributed by atoms with Crippen LogP contribution in [0, 0.1) is 0 Å². The van der Waals surface area contributed by atoms with Gasteiger partial charge in [-0.05, 0) is 29.8 Å². The van der Waals surface area contributed by atoms with E-state index >= 15 is 0 Å². The summed E-state index contributed by atoms with van der Waals surface area (Å²) in [4.78, 5) is 1.03. The second kappa shape index (κ2) is 5.61. The van der Waals surface area contributed by atoms with Gasteiger partial charge in [0.25, 0.3) is 0 Å². The molecule has 1 aromatic heterocycles. The largest absolute Gasteiger partial charge is 0.490 e. The van der Waals surface area contributed by atoms with E-state index < -0.39 is 0 Å². The Kier molecular flexibility index (Phi) is 3.87. The molecule has 1 aliphatic rings. The first kappa shape index (κ1) is 13.1. The summed E-state index contributed by atoms with van der Waals surface area (Å²) in [5.41, 5.74) is 0.990. The van der Waals surface area contributed by atoms with E-state index in [1.165, 1.54) is 11.3 Å². The molecule has 1 aromatic carbocycles. The number of hydrogen-bond donors (Lipinski definition) is 0. The number of fused-ring (bicyclic) bond motifs is 1. The van der Waals surface area contributed by atoms with Gasteiger partial charge in [-0.2, -0.15) is 0 Å². The Labute approximate surface area is 125 Å². The zero-order valence-electron chi connectivity index (χ0n) is 10.1. The van der Waals surface area contributed by atoms with Gasteiger partial charge in [0.05, 0.1) is 22.9 Å². The molecule has 2 heterocycles. The topological polar surface area (TPSA) is 18.5 Å². The fraction of sp³-hybridized carbons (Fsp3) is 0.286. The second-order valence-electron chi connectivity index (χ2n) is 4.26. The molecule has 100 valence electrons. The van der Waals surface area contributed by atoms with Crippen LogP contribution < -0.4 is 9.47 Å². The molecule has 0 radical (unpaired) electrons. The standard InChI is InChI=1S/C14H12Cl2O2S/c15-13-5-4-12(19-13)14(16)9-2-3-10-11(8-9)18-7-1-6-17-10/h2-5,8,14H,1,6-7H2. The lowest BCUT2D eigenvalue weighted by Gasteiger charge is -2.12. The Balaban J connectivity index is 1.91. The number of benzene rings is 1. The first-order chi connectivity index (χ1) is 9.24. The van der Waals surface area contributed by atoms with Crippen molar-refractivity contribution in [2.24, 2.45) is 0 Å². The van der Waals surface area contributed by atoms with Gasteiger partial charge in [0, 0.05) is 11.3 Å². The molecule has 0 spiro atoms. The summed E-state index contributed by atoms with van der Waals surface area (Å²) >= 11 is 13.9. The molecule has 0 N–H and O–H groups in total. The second-order valence-corrected chi connectivity index (χ2v) is 6.44. The van der Waals surface area contributed by atoms with Crippen LogP contribution in [-0.2, 0) is 0 Å². The third-order valence-electron chi connectivity index (χ3n) is 2.91. The molecule has 1 aliphatic heterocycles. The maximum absolute atomic E-state index is 6.48. The number of rotatable bonds is 2. The number of halogens is 2. The summed E-state index contributed by atoms with van der Waals surface area (Å²) in [5.74, 6) is 1.55. The lowest BCUT2D eigenvalue weighted by Crippen LogP contribution is -1.97. The number of hydrogen-bond acceptors (Lipinski definition) is 3. The number of ether oxygens (including phenoxy) is 2. The Morgan fingerprint density at radius 1 is 1.05 bits per heavy atom. The summed E-state index contributed by atoms with van der Waals surface area (Å²) in [7, 11) is 0. The van der Waals surface area contributed by atoms with Crippen LogP contribution in [0.4, 0.5) is 0 Å². The summed E-state index contributed by atoms with van der Waals surface area (Å²) in [6, 6.07) is 9.65. The molecule has 1 atom stereocenters. The summed E-state index contributed by atoms with van der Waals surface area (Å²) in [6.07, 6.45) is 0.898. The minimum Gasteiger partial charge on any atom is -0.490 e. The Morgan fingerprint density at radius 2 is 1.84 bits per heavy atom. The molecule has 0 saturated carbocycles. The first-order valence-corrected chi connectivity index (χ1v) is 7.66. The van der Waals surface area contributed by atoms with E-state index in [9.17, 15) is 0 Å². The van der Waals surface area contributed by atoms with Crippen LogP contribution in [0.15, 0.2) is 30.3 Å². The van der Waals surface area contributed by atoms with Crippen molar-refractivity contribution in [1.29, 1.82) is 0 Å². The van der Waals surface area contributed by atoms with Gasteiger partial charge in [-0.25, -0.2) is 0 Å². The van der Waals surface area contributed by atoms with Crippen LogP contribution in [-0.4, -0.2) is 13.2 Å². The maximum Gasteiger partial charge on any atom is 0.161 e. The SMILES string of the molecule is Clc1ccc(C(Cl)c2ccc3c(c2)OCCCO3)s1. The van der Waals surface area contributed by atoms with Gasteiger partial charge in [0.15, 0.2) is 11.5 Å². The molecule has 2 aromatic rings. The van der Waals surface area contributed by atoms with Crippen molar-refractivity contribution in [2.75, 3.05) is 13.2 Å². The Hall–Kier alpha value is -0.900. The van der Waals surface area contributed by atoms with Crippen LogP contribution in [0.5, 0.6) is 11.5 Å². The molecule has 2 nitrogen and oxygen atoms in total. The molecule has 0 bridgehead atoms. The van der Waals surface area contributed by atoms with E-state index in [2.05, 4.69) is 0 Å². The van der Waals surface area contributed by atoms with E-state index in [-0.39, 0.29) is 5.38 Å². The van der Waals surface area contributed by atoms with Crippen molar-refractivity contribution >= 4 is 34.5 Å². The number of alkyl halides is 1. The van der Waals surface area contributed by atoms with Crippen LogP contribution in [0.25, 0.3) is 0 Å². The highest BCUT2D eigenvalue weighted by molar-refractivity contribution is 7.16. The smallest absolute Gasteiger partial charge is 0.161 e. The lowest BCUT2D eigenvalue weighted by molar-refractivity contribution is 0.297. The third kappa shape index (κ3) is 2.83. The maximum atomic E-state index is 6.48. The van der Waals surface area contributed by atoms with Crippen molar-refractivity contribution in [2.45, 2.75) is 11.8 Å². The van der Waals surface area contributed by atoms with Gasteiger partial charge in [-0.15, -0.1) is 22.9 Å². The van der Waals surface area contributed by atoms with Gasteiger partial charge < -0.3 is 9.47 Å². The van der Waals surface area contributed by atoms with Crippen LogP contribution in [0.3, 0.4) is 0 Å². The van der Waals surface area contributed by atoms with E-state index in [4.69, 9.17) is 32.7 Å². The highest BCUT2D eigenvalue weighted by Gasteiger charge is 2.17. The molecule has 1 unspecified atom stereocenters. The van der Waals surface area contributed by atoms with Gasteiger partial charge in [0.2, 0.25) is 0 Å². The average molecular weight is 315 g/mol. The van der Waals surface area contributed by atoms with Gasteiger partial charge >= 0.3 is 0 Å². The van der Waals surface area contributed by atoms with Crippen molar-refractivity contribution < 1.29 is 9.47 Å². The van der Waals surface area contributed by atoms with Crippen LogP contribution in [0.1, 0.15) is 22.2 Å². The highest BCUT2D eigenvalue weighted by Crippen LogP contribution is 2.39. The molecular weight excluding hydrogens is 303 g/mol. The van der Waals surface area contributed by atoms with Crippen molar-refractivity contribution in [3.8, 4) is 11.5 Å². The molecule has 0 amide bonds. The van der Waals surface area contributed by atoms with Gasteiger partial charge in [0.1, 0.15) is 0 Å². The van der Waals surface area contributed by atoms with Gasteiger partial charge in [-0.1, -0.05) is 17.7 Å². The predicted octanol–water partition coefficient (Wildman–Crippen LogP) is 4.89. The molecule has 19 heavy (non-hydrogen) atoms. The van der Waals surface area contributed by atoms with E-state index in [0.29, 0.717) is 13.2 Å². The minimum atomic E-state index is -0.213. The monoisotopic (exact) mass is 314 g/mol. The molecule has 0 fully saturated rings. The van der Waals surface area contributed by atoms with Gasteiger partial charge in [-0.3, -0.25) is 0 Å². The fourth-order valence-electron chi connectivity index (χ4n) is 1.97. The highest BCUT2D eigenvalue weighted by atomic mass is 35.5. The van der Waals surface area contributed by atoms with Crippen molar-refractivity contribution in [3.05, 3.63) is 45.1 Å². The Bertz CT molecular complexity index is 583. The van der Waals surface area contributed by atoms with Crippen molar-refractivity contribution in [1.82, 2.24) is 0 Å². The average Bonchev–Trinajstić information content (AvgIpc) is 2.72. The fourth-order valence-corrected chi connectivity index (χ4v) is 3.38. The lowest BCUT2D eigenvalue weighted by atomic mass is 10.1.